The van der Waals surface area contributed by atoms with Gasteiger partial charge in [0.25, 0.3) is 5.91 Å². The number of hydrogen-bond acceptors (Lipinski definition) is 6. The quantitative estimate of drug-likeness (QED) is 0.320. The van der Waals surface area contributed by atoms with Crippen LogP contribution in [-0.2, 0) is 24.1 Å². The molecule has 5 heterocycles. The van der Waals surface area contributed by atoms with E-state index in [1.807, 2.05) is 9.47 Å². The van der Waals surface area contributed by atoms with Gasteiger partial charge in [0.15, 0.2) is 11.3 Å². The van der Waals surface area contributed by atoms with E-state index in [0.29, 0.717) is 65.1 Å². The highest BCUT2D eigenvalue weighted by atomic mass is 35.5. The van der Waals surface area contributed by atoms with Crippen LogP contribution in [0.2, 0.25) is 5.02 Å². The number of halogens is 2. The predicted octanol–water partition coefficient (Wildman–Crippen LogP) is 4.79. The molecule has 212 valence electrons. The summed E-state index contributed by atoms with van der Waals surface area (Å²) in [6.45, 7) is 2.49. The number of ether oxygens (including phenoxy) is 1. The number of benzene rings is 1. The molecule has 2 fully saturated rings. The second-order valence-corrected chi connectivity index (χ2v) is 11.1. The number of pyridine rings is 2. The number of likely N-dealkylation sites (tertiary alicyclic amines) is 1. The normalized spacial score (nSPS) is 17.5. The number of nitrogens with zero attached hydrogens (tertiary/aromatic N) is 5. The zero-order valence-corrected chi connectivity index (χ0v) is 23.1. The van der Waals surface area contributed by atoms with Gasteiger partial charge in [-0.15, -0.1) is 0 Å². The van der Waals surface area contributed by atoms with Gasteiger partial charge in [-0.25, -0.2) is 24.1 Å². The lowest BCUT2D eigenvalue weighted by molar-refractivity contribution is -0.0591. The van der Waals surface area contributed by atoms with Gasteiger partial charge in [-0.2, -0.15) is 0 Å². The number of carboxylic acid groups (broad SMARTS) is 1. The molecule has 0 radical (unpaired) electrons. The third-order valence-corrected chi connectivity index (χ3v) is 8.09. The zero-order chi connectivity index (χ0) is 28.5. The lowest BCUT2D eigenvalue weighted by Crippen LogP contribution is -2.39. The summed E-state index contributed by atoms with van der Waals surface area (Å²) in [6, 6.07) is 13.0. The van der Waals surface area contributed by atoms with Crippen molar-refractivity contribution in [3.63, 3.8) is 0 Å². The van der Waals surface area contributed by atoms with Gasteiger partial charge in [-0.1, -0.05) is 23.7 Å². The minimum atomic E-state index is -1.07. The summed E-state index contributed by atoms with van der Waals surface area (Å²) in [5.74, 6) is -0.441. The molecule has 6 rings (SSSR count). The molecule has 4 aromatic rings. The van der Waals surface area contributed by atoms with Gasteiger partial charge in [0.2, 0.25) is 0 Å². The van der Waals surface area contributed by atoms with Crippen molar-refractivity contribution >= 4 is 34.6 Å². The first kappa shape index (κ1) is 27.3. The largest absolute Gasteiger partial charge is 0.477 e. The lowest BCUT2D eigenvalue weighted by atomic mass is 9.93. The van der Waals surface area contributed by atoms with E-state index in [1.54, 1.807) is 36.4 Å². The van der Waals surface area contributed by atoms with E-state index in [4.69, 9.17) is 21.3 Å². The van der Waals surface area contributed by atoms with E-state index in [-0.39, 0.29) is 24.1 Å². The number of imidazole rings is 1. The van der Waals surface area contributed by atoms with Crippen molar-refractivity contribution in [3.05, 3.63) is 87.8 Å². The maximum atomic E-state index is 14.3. The highest BCUT2D eigenvalue weighted by Crippen LogP contribution is 2.27. The molecule has 0 aliphatic carbocycles. The molecule has 1 aromatic carbocycles. The van der Waals surface area contributed by atoms with Crippen LogP contribution in [0.1, 0.15) is 57.3 Å². The van der Waals surface area contributed by atoms with Gasteiger partial charge in [0, 0.05) is 43.3 Å². The molecule has 2 saturated heterocycles. The van der Waals surface area contributed by atoms with Crippen molar-refractivity contribution < 1.29 is 23.8 Å². The molecule has 3 aromatic heterocycles. The maximum absolute atomic E-state index is 14.3. The third-order valence-electron chi connectivity index (χ3n) is 7.86. The Morgan fingerprint density at radius 2 is 1.83 bits per heavy atom. The number of carbonyl (C=O) groups excluding carboxylic acids is 1. The number of piperidine rings is 1. The summed E-state index contributed by atoms with van der Waals surface area (Å²) in [4.78, 5) is 40.3. The van der Waals surface area contributed by atoms with Gasteiger partial charge >= 0.3 is 5.97 Å². The van der Waals surface area contributed by atoms with E-state index < -0.39 is 11.8 Å². The van der Waals surface area contributed by atoms with Gasteiger partial charge < -0.3 is 19.3 Å². The number of aromatic nitrogens is 4. The van der Waals surface area contributed by atoms with Crippen molar-refractivity contribution in [1.82, 2.24) is 24.4 Å². The fourth-order valence-electron chi connectivity index (χ4n) is 5.47. The molecule has 0 bridgehead atoms. The molecule has 0 saturated carbocycles. The Kier molecular flexibility index (Phi) is 7.68. The average molecular weight is 578 g/mol. The topological polar surface area (TPSA) is 110 Å². The standard InChI is InChI=1S/C30H29ClFN5O4/c31-20-5-4-19(23(32)16-20)15-21-2-1-3-25(33-21)29(38)36-11-8-18(9-12-36)14-27-34-24-6-7-26(30(39)40)35-28(24)37(27)17-22-10-13-41-22/h1-7,16,18,22H,8-15,17H2,(H,39,40)/t22-/m0/s1. The summed E-state index contributed by atoms with van der Waals surface area (Å²) in [5.41, 5.74) is 2.65. The molecule has 1 amide bonds. The van der Waals surface area contributed by atoms with Crippen LogP contribution >= 0.6 is 11.6 Å². The van der Waals surface area contributed by atoms with Crippen molar-refractivity contribution in [1.29, 1.82) is 0 Å². The van der Waals surface area contributed by atoms with Crippen LogP contribution in [0.3, 0.4) is 0 Å². The minimum Gasteiger partial charge on any atom is -0.477 e. The highest BCUT2D eigenvalue weighted by molar-refractivity contribution is 6.30. The number of amides is 1. The van der Waals surface area contributed by atoms with E-state index >= 15 is 0 Å². The minimum absolute atomic E-state index is 0.0115. The summed E-state index contributed by atoms with van der Waals surface area (Å²) >= 11 is 5.86. The first-order valence-electron chi connectivity index (χ1n) is 13.7. The number of hydrogen-bond donors (Lipinski definition) is 1. The molecule has 2 aliphatic heterocycles. The molecule has 9 nitrogen and oxygen atoms in total. The Labute approximate surface area is 240 Å². The Hall–Kier alpha value is -3.89. The van der Waals surface area contributed by atoms with Crippen LogP contribution in [0, 0.1) is 11.7 Å². The smallest absolute Gasteiger partial charge is 0.354 e. The molecule has 0 unspecified atom stereocenters. The Bertz CT molecular complexity index is 1610. The molecular weight excluding hydrogens is 549 g/mol. The van der Waals surface area contributed by atoms with Crippen molar-refractivity contribution in [2.24, 2.45) is 5.92 Å². The summed E-state index contributed by atoms with van der Waals surface area (Å²) < 4.78 is 21.9. The predicted molar refractivity (Wildman–Crippen MR) is 150 cm³/mol. The van der Waals surface area contributed by atoms with Crippen LogP contribution in [0.5, 0.6) is 0 Å². The van der Waals surface area contributed by atoms with E-state index in [1.165, 1.54) is 12.1 Å². The summed E-state index contributed by atoms with van der Waals surface area (Å²) in [7, 11) is 0. The monoisotopic (exact) mass is 577 g/mol. The molecule has 2 aliphatic rings. The fourth-order valence-corrected chi connectivity index (χ4v) is 5.62. The van der Waals surface area contributed by atoms with Crippen LogP contribution in [-0.4, -0.2) is 67.2 Å². The number of carbonyl (C=O) groups is 2. The number of fused-ring (bicyclic) bond motifs is 1. The second-order valence-electron chi connectivity index (χ2n) is 10.6. The van der Waals surface area contributed by atoms with Gasteiger partial charge in [-0.05, 0) is 67.1 Å². The molecular formula is C30H29ClFN5O4. The molecule has 41 heavy (non-hydrogen) atoms. The first-order valence-corrected chi connectivity index (χ1v) is 14.1. The van der Waals surface area contributed by atoms with E-state index in [0.717, 1.165) is 31.7 Å². The van der Waals surface area contributed by atoms with Crippen LogP contribution < -0.4 is 0 Å². The summed E-state index contributed by atoms with van der Waals surface area (Å²) in [5, 5.41) is 9.76. The van der Waals surface area contributed by atoms with Gasteiger partial charge in [0.05, 0.1) is 12.6 Å². The summed E-state index contributed by atoms with van der Waals surface area (Å²) in [6.07, 6.45) is 3.59. The lowest BCUT2D eigenvalue weighted by Gasteiger charge is -2.32. The first-order chi connectivity index (χ1) is 19.8. The van der Waals surface area contributed by atoms with Gasteiger partial charge in [0.1, 0.15) is 22.9 Å². The van der Waals surface area contributed by atoms with Crippen LogP contribution in [0.25, 0.3) is 11.2 Å². The number of carboxylic acids is 1. The van der Waals surface area contributed by atoms with Crippen LogP contribution in [0.4, 0.5) is 4.39 Å². The maximum Gasteiger partial charge on any atom is 0.354 e. The molecule has 11 heteroatoms. The van der Waals surface area contributed by atoms with Crippen molar-refractivity contribution in [2.45, 2.75) is 44.8 Å². The fraction of sp³-hybridized carbons (Fsp3) is 0.367. The molecule has 1 atom stereocenters. The highest BCUT2D eigenvalue weighted by Gasteiger charge is 2.28. The Balaban J connectivity index is 1.12. The van der Waals surface area contributed by atoms with Crippen molar-refractivity contribution in [2.75, 3.05) is 19.7 Å². The van der Waals surface area contributed by atoms with E-state index in [2.05, 4.69) is 9.97 Å². The number of aromatic carboxylic acids is 1. The van der Waals surface area contributed by atoms with Crippen molar-refractivity contribution in [3.8, 4) is 0 Å². The third kappa shape index (κ3) is 5.94. The number of rotatable bonds is 8. The second kappa shape index (κ2) is 11.5. The van der Waals surface area contributed by atoms with Crippen LogP contribution in [0.15, 0.2) is 48.5 Å². The molecule has 0 spiro atoms. The zero-order valence-electron chi connectivity index (χ0n) is 22.3. The van der Waals surface area contributed by atoms with E-state index in [9.17, 15) is 19.1 Å². The average Bonchev–Trinajstić information content (AvgIpc) is 3.28. The Morgan fingerprint density at radius 3 is 2.54 bits per heavy atom. The van der Waals surface area contributed by atoms with Gasteiger partial charge in [-0.3, -0.25) is 4.79 Å². The molecule has 1 N–H and O–H groups in total. The Morgan fingerprint density at radius 1 is 1.02 bits per heavy atom. The SMILES string of the molecule is O=C(O)c1ccc2nc(CC3CCN(C(=O)c4cccc(Cc5ccc(Cl)cc5F)n4)CC3)n(C[C@@H]3CCO3)c2n1.